The Morgan fingerprint density at radius 1 is 1.25 bits per heavy atom. The summed E-state index contributed by atoms with van der Waals surface area (Å²) in [5, 5.41) is 22.5. The molecule has 3 N–H and O–H groups in total. The SMILES string of the molecule is O=C(Nc1n[nH]c2ccccc12)ON1CCC(O)(c2cccc(Cl)c2F)CC1. The molecule has 1 aliphatic rings. The van der Waals surface area contributed by atoms with Gasteiger partial charge >= 0.3 is 6.09 Å². The lowest BCUT2D eigenvalue weighted by Crippen LogP contribution is -2.44. The first kappa shape index (κ1) is 18.7. The number of H-pyrrole nitrogens is 1. The summed E-state index contributed by atoms with van der Waals surface area (Å²) in [6.07, 6.45) is -0.289. The van der Waals surface area contributed by atoms with Crippen LogP contribution in [0.2, 0.25) is 5.02 Å². The van der Waals surface area contributed by atoms with Gasteiger partial charge in [-0.05, 0) is 31.0 Å². The number of piperidine rings is 1. The summed E-state index contributed by atoms with van der Waals surface area (Å²) in [6.45, 7) is 0.494. The van der Waals surface area contributed by atoms with Crippen molar-refractivity contribution in [3.8, 4) is 0 Å². The molecule has 0 spiro atoms. The highest BCUT2D eigenvalue weighted by Crippen LogP contribution is 2.36. The number of benzene rings is 2. The van der Waals surface area contributed by atoms with Crippen LogP contribution in [0.3, 0.4) is 0 Å². The number of nitrogens with zero attached hydrogens (tertiary/aromatic N) is 2. The maximum atomic E-state index is 14.3. The third-order valence-electron chi connectivity index (χ3n) is 4.91. The summed E-state index contributed by atoms with van der Waals surface area (Å²) < 4.78 is 14.3. The molecule has 1 aliphatic heterocycles. The molecule has 1 amide bonds. The molecule has 1 aromatic heterocycles. The van der Waals surface area contributed by atoms with Gasteiger partial charge in [-0.15, -0.1) is 5.06 Å². The predicted octanol–water partition coefficient (Wildman–Crippen LogP) is 3.80. The topological polar surface area (TPSA) is 90.5 Å². The van der Waals surface area contributed by atoms with Gasteiger partial charge in [0.2, 0.25) is 0 Å². The number of aromatic nitrogens is 2. The molecule has 9 heteroatoms. The Morgan fingerprint density at radius 3 is 2.79 bits per heavy atom. The molecule has 4 rings (SSSR count). The van der Waals surface area contributed by atoms with Crippen LogP contribution in [0.4, 0.5) is 15.0 Å². The minimum Gasteiger partial charge on any atom is -0.385 e. The van der Waals surface area contributed by atoms with Gasteiger partial charge in [0, 0.05) is 24.0 Å². The Labute approximate surface area is 165 Å². The zero-order valence-electron chi connectivity index (χ0n) is 14.8. The lowest BCUT2D eigenvalue weighted by atomic mass is 9.84. The highest BCUT2D eigenvalue weighted by atomic mass is 35.5. The molecule has 2 aromatic carbocycles. The van der Waals surface area contributed by atoms with E-state index in [-0.39, 0.29) is 36.5 Å². The van der Waals surface area contributed by atoms with Gasteiger partial charge in [0.15, 0.2) is 5.82 Å². The highest BCUT2D eigenvalue weighted by Gasteiger charge is 2.37. The maximum Gasteiger partial charge on any atom is 0.432 e. The minimum atomic E-state index is -1.36. The monoisotopic (exact) mass is 404 g/mol. The number of para-hydroxylation sites is 1. The van der Waals surface area contributed by atoms with Crippen molar-refractivity contribution in [1.29, 1.82) is 0 Å². The number of hydrogen-bond acceptors (Lipinski definition) is 5. The maximum absolute atomic E-state index is 14.3. The summed E-state index contributed by atoms with van der Waals surface area (Å²) in [5.74, 6) is -0.251. The number of carbonyl (C=O) groups is 1. The van der Waals surface area contributed by atoms with E-state index in [9.17, 15) is 14.3 Å². The van der Waals surface area contributed by atoms with Crippen LogP contribution in [-0.4, -0.2) is 39.5 Å². The van der Waals surface area contributed by atoms with Crippen molar-refractivity contribution in [3.63, 3.8) is 0 Å². The van der Waals surface area contributed by atoms with E-state index in [1.807, 2.05) is 24.3 Å². The van der Waals surface area contributed by atoms with E-state index in [4.69, 9.17) is 16.4 Å². The second-order valence-corrected chi connectivity index (χ2v) is 7.09. The Balaban J connectivity index is 1.37. The van der Waals surface area contributed by atoms with E-state index >= 15 is 0 Å². The first-order valence-electron chi connectivity index (χ1n) is 8.80. The third-order valence-corrected chi connectivity index (χ3v) is 5.20. The number of nitrogens with one attached hydrogen (secondary N) is 2. The van der Waals surface area contributed by atoms with Gasteiger partial charge in [0.05, 0.1) is 16.1 Å². The van der Waals surface area contributed by atoms with Crippen molar-refractivity contribution in [2.24, 2.45) is 0 Å². The van der Waals surface area contributed by atoms with E-state index in [0.29, 0.717) is 5.82 Å². The molecule has 1 fully saturated rings. The van der Waals surface area contributed by atoms with Gasteiger partial charge in [0.1, 0.15) is 5.82 Å². The van der Waals surface area contributed by atoms with Gasteiger partial charge in [-0.3, -0.25) is 10.4 Å². The molecule has 0 unspecified atom stereocenters. The number of aliphatic hydroxyl groups is 1. The summed E-state index contributed by atoms with van der Waals surface area (Å²) in [5.41, 5.74) is -0.402. The number of halogens is 2. The van der Waals surface area contributed by atoms with E-state index in [1.165, 1.54) is 17.2 Å². The molecule has 0 atom stereocenters. The van der Waals surface area contributed by atoms with Crippen LogP contribution in [0.25, 0.3) is 10.9 Å². The van der Waals surface area contributed by atoms with Gasteiger partial charge in [-0.2, -0.15) is 5.10 Å². The van der Waals surface area contributed by atoms with E-state index in [2.05, 4.69) is 15.5 Å². The molecule has 2 heterocycles. The second-order valence-electron chi connectivity index (χ2n) is 6.68. The molecule has 28 heavy (non-hydrogen) atoms. The van der Waals surface area contributed by atoms with Gasteiger partial charge in [-0.1, -0.05) is 35.9 Å². The van der Waals surface area contributed by atoms with Crippen LogP contribution in [0, 0.1) is 5.82 Å². The van der Waals surface area contributed by atoms with Gasteiger partial charge < -0.3 is 9.94 Å². The summed E-state index contributed by atoms with van der Waals surface area (Å²) in [7, 11) is 0. The van der Waals surface area contributed by atoms with Crippen molar-refractivity contribution >= 4 is 34.4 Å². The van der Waals surface area contributed by atoms with Crippen LogP contribution in [0.1, 0.15) is 18.4 Å². The first-order chi connectivity index (χ1) is 13.5. The zero-order chi connectivity index (χ0) is 19.7. The molecule has 0 saturated carbocycles. The fourth-order valence-electron chi connectivity index (χ4n) is 3.38. The third kappa shape index (κ3) is 3.54. The second kappa shape index (κ2) is 7.38. The van der Waals surface area contributed by atoms with E-state index in [0.717, 1.165) is 10.9 Å². The van der Waals surface area contributed by atoms with Crippen molar-refractivity contribution < 1.29 is 19.1 Å². The highest BCUT2D eigenvalue weighted by molar-refractivity contribution is 6.30. The fraction of sp³-hybridized carbons (Fsp3) is 0.263. The number of hydrogen-bond donors (Lipinski definition) is 3. The van der Waals surface area contributed by atoms with Crippen LogP contribution in [0.15, 0.2) is 42.5 Å². The molecule has 7 nitrogen and oxygen atoms in total. The zero-order valence-corrected chi connectivity index (χ0v) is 15.5. The largest absolute Gasteiger partial charge is 0.432 e. The quantitative estimate of drug-likeness (QED) is 0.617. The number of fused-ring (bicyclic) bond motifs is 1. The Kier molecular flexibility index (Phi) is 4.92. The standard InChI is InChI=1S/C19H18ClFN4O3/c20-14-6-3-5-13(16(14)21)19(27)8-10-25(11-9-19)28-18(26)22-17-12-4-1-2-7-15(12)23-24-17/h1-7,27H,8-11H2,(H2,22,23,24,26). The molecule has 0 radical (unpaired) electrons. The smallest absolute Gasteiger partial charge is 0.385 e. The molecule has 146 valence electrons. The Bertz CT molecular complexity index is 1020. The van der Waals surface area contributed by atoms with Crippen LogP contribution < -0.4 is 5.32 Å². The van der Waals surface area contributed by atoms with Crippen molar-refractivity contribution in [1.82, 2.24) is 15.3 Å². The molecule has 0 aliphatic carbocycles. The average Bonchev–Trinajstić information content (AvgIpc) is 3.09. The predicted molar refractivity (Wildman–Crippen MR) is 102 cm³/mol. The van der Waals surface area contributed by atoms with Crippen LogP contribution in [0.5, 0.6) is 0 Å². The fourth-order valence-corrected chi connectivity index (χ4v) is 3.55. The van der Waals surface area contributed by atoms with Gasteiger partial charge in [-0.25, -0.2) is 9.18 Å². The number of anilines is 1. The number of hydroxylamine groups is 2. The summed E-state index contributed by atoms with van der Waals surface area (Å²) in [6, 6.07) is 11.9. The first-order valence-corrected chi connectivity index (χ1v) is 9.18. The lowest BCUT2D eigenvalue weighted by Gasteiger charge is -2.37. The summed E-state index contributed by atoms with van der Waals surface area (Å²) >= 11 is 5.82. The number of aromatic amines is 1. The Morgan fingerprint density at radius 2 is 2.00 bits per heavy atom. The lowest BCUT2D eigenvalue weighted by molar-refractivity contribution is -0.148. The van der Waals surface area contributed by atoms with Crippen LogP contribution in [-0.2, 0) is 10.4 Å². The van der Waals surface area contributed by atoms with Crippen molar-refractivity contribution in [2.75, 3.05) is 18.4 Å². The minimum absolute atomic E-state index is 0.0322. The molecular weight excluding hydrogens is 387 g/mol. The van der Waals surface area contributed by atoms with E-state index < -0.39 is 17.5 Å². The number of carbonyl (C=O) groups excluding carboxylic acids is 1. The molecular formula is C19H18ClFN4O3. The van der Waals surface area contributed by atoms with Crippen molar-refractivity contribution in [2.45, 2.75) is 18.4 Å². The van der Waals surface area contributed by atoms with Crippen molar-refractivity contribution in [3.05, 3.63) is 58.9 Å². The van der Waals surface area contributed by atoms with Crippen LogP contribution >= 0.6 is 11.6 Å². The van der Waals surface area contributed by atoms with E-state index in [1.54, 1.807) is 6.07 Å². The van der Waals surface area contributed by atoms with Gasteiger partial charge in [0.25, 0.3) is 0 Å². The molecule has 3 aromatic rings. The average molecular weight is 405 g/mol. The normalized spacial score (nSPS) is 16.8. The Hall–Kier alpha value is -2.68. The number of rotatable bonds is 3. The molecule has 1 saturated heterocycles. The molecule has 0 bridgehead atoms. The number of amides is 1. The summed E-state index contributed by atoms with van der Waals surface area (Å²) in [4.78, 5) is 17.5.